The Morgan fingerprint density at radius 2 is 1.76 bits per heavy atom. The number of hydrazone groups is 1. The quantitative estimate of drug-likeness (QED) is 0.279. The van der Waals surface area contributed by atoms with E-state index >= 15 is 0 Å². The van der Waals surface area contributed by atoms with Crippen LogP contribution in [0.4, 0.5) is 5.69 Å². The molecule has 0 aliphatic carbocycles. The van der Waals surface area contributed by atoms with Crippen LogP contribution in [0.15, 0.2) is 65.8 Å². The van der Waals surface area contributed by atoms with Crippen molar-refractivity contribution in [1.29, 1.82) is 0 Å². The molecule has 8 heteroatoms. The number of hydrogen-bond donors (Lipinski definition) is 2. The van der Waals surface area contributed by atoms with Gasteiger partial charge in [0.25, 0.3) is 5.91 Å². The van der Waals surface area contributed by atoms with Crippen molar-refractivity contribution in [3.05, 3.63) is 87.4 Å². The van der Waals surface area contributed by atoms with Gasteiger partial charge in [-0.15, -0.1) is 0 Å². The summed E-state index contributed by atoms with van der Waals surface area (Å²) in [6, 6.07) is 18.6. The summed E-state index contributed by atoms with van der Waals surface area (Å²) in [6.45, 7) is 4.73. The number of halogens is 2. The van der Waals surface area contributed by atoms with Crippen molar-refractivity contribution in [2.24, 2.45) is 5.10 Å². The predicted molar refractivity (Wildman–Crippen MR) is 134 cm³/mol. The molecular formula is C25H25Cl2N3O3. The number of amides is 1. The maximum absolute atomic E-state index is 12.0. The van der Waals surface area contributed by atoms with Gasteiger partial charge in [0.15, 0.2) is 11.5 Å². The van der Waals surface area contributed by atoms with Crippen molar-refractivity contribution in [2.45, 2.75) is 20.5 Å². The van der Waals surface area contributed by atoms with Crippen LogP contribution in [0.1, 0.15) is 23.6 Å². The lowest BCUT2D eigenvalue weighted by molar-refractivity contribution is -0.119. The first-order chi connectivity index (χ1) is 15.9. The molecule has 0 unspecified atom stereocenters. The predicted octanol–water partition coefficient (Wildman–Crippen LogP) is 5.84. The fraction of sp³-hybridized carbons (Fsp3) is 0.200. The van der Waals surface area contributed by atoms with E-state index in [1.54, 1.807) is 24.3 Å². The molecule has 3 aromatic carbocycles. The van der Waals surface area contributed by atoms with Gasteiger partial charge in [-0.25, -0.2) is 5.43 Å². The number of benzene rings is 3. The van der Waals surface area contributed by atoms with Crippen LogP contribution in [0.2, 0.25) is 10.0 Å². The van der Waals surface area contributed by atoms with E-state index in [0.29, 0.717) is 40.3 Å². The number of nitrogens with one attached hydrogen (secondary N) is 2. The number of rotatable bonds is 10. The number of carbonyl (C=O) groups excluding carboxylic acids is 1. The Labute approximate surface area is 203 Å². The molecule has 0 spiro atoms. The maximum Gasteiger partial charge on any atom is 0.259 e. The highest BCUT2D eigenvalue weighted by molar-refractivity contribution is 6.32. The standard InChI is InChI=1S/C25H25Cl2N3O3/c1-3-32-23-13-19(12-22(27)25(23)33-16-18-6-8-20(26)9-7-18)14-29-30-24(31)15-28-21-10-4-17(2)5-11-21/h4-14,28H,3,15-16H2,1-2H3,(H,30,31)/b29-14-. The third kappa shape index (κ3) is 7.70. The highest BCUT2D eigenvalue weighted by atomic mass is 35.5. The number of nitrogens with zero attached hydrogens (tertiary/aromatic N) is 1. The molecule has 6 nitrogen and oxygen atoms in total. The molecule has 0 fully saturated rings. The van der Waals surface area contributed by atoms with E-state index < -0.39 is 0 Å². The number of anilines is 1. The Bertz CT molecular complexity index is 1100. The molecule has 172 valence electrons. The molecular weight excluding hydrogens is 461 g/mol. The molecule has 0 aliphatic rings. The van der Waals surface area contributed by atoms with Crippen LogP contribution in [-0.4, -0.2) is 25.3 Å². The van der Waals surface area contributed by atoms with E-state index in [2.05, 4.69) is 15.8 Å². The fourth-order valence-electron chi connectivity index (χ4n) is 2.87. The normalized spacial score (nSPS) is 10.8. The summed E-state index contributed by atoms with van der Waals surface area (Å²) in [4.78, 5) is 12.0. The van der Waals surface area contributed by atoms with Crippen molar-refractivity contribution < 1.29 is 14.3 Å². The van der Waals surface area contributed by atoms with Gasteiger partial charge in [0.2, 0.25) is 0 Å². The van der Waals surface area contributed by atoms with Gasteiger partial charge in [-0.2, -0.15) is 5.10 Å². The third-order valence-electron chi connectivity index (χ3n) is 4.54. The summed E-state index contributed by atoms with van der Waals surface area (Å²) in [5.74, 6) is 0.663. The van der Waals surface area contributed by atoms with Crippen molar-refractivity contribution in [2.75, 3.05) is 18.5 Å². The van der Waals surface area contributed by atoms with E-state index in [9.17, 15) is 4.79 Å². The zero-order valence-electron chi connectivity index (χ0n) is 18.4. The summed E-state index contributed by atoms with van der Waals surface area (Å²) in [6.07, 6.45) is 1.50. The van der Waals surface area contributed by atoms with E-state index in [0.717, 1.165) is 16.8 Å². The molecule has 3 rings (SSSR count). The highest BCUT2D eigenvalue weighted by Gasteiger charge is 2.13. The summed E-state index contributed by atoms with van der Waals surface area (Å²) in [5.41, 5.74) is 6.12. The molecule has 2 N–H and O–H groups in total. The highest BCUT2D eigenvalue weighted by Crippen LogP contribution is 2.37. The monoisotopic (exact) mass is 485 g/mol. The maximum atomic E-state index is 12.0. The number of ether oxygens (including phenoxy) is 2. The van der Waals surface area contributed by atoms with Crippen LogP contribution in [0.5, 0.6) is 11.5 Å². The first kappa shape index (κ1) is 24.4. The Balaban J connectivity index is 1.60. The van der Waals surface area contributed by atoms with Gasteiger partial charge in [-0.1, -0.05) is 53.0 Å². The van der Waals surface area contributed by atoms with Crippen molar-refractivity contribution in [3.8, 4) is 11.5 Å². The molecule has 0 saturated heterocycles. The zero-order chi connectivity index (χ0) is 23.6. The van der Waals surface area contributed by atoms with Gasteiger partial charge >= 0.3 is 0 Å². The Kier molecular flexibility index (Phi) is 8.98. The van der Waals surface area contributed by atoms with Gasteiger partial charge in [-0.05, 0) is 61.4 Å². The molecule has 33 heavy (non-hydrogen) atoms. The lowest BCUT2D eigenvalue weighted by Crippen LogP contribution is -2.25. The summed E-state index contributed by atoms with van der Waals surface area (Å²) in [7, 11) is 0. The van der Waals surface area contributed by atoms with Crippen LogP contribution in [0.25, 0.3) is 0 Å². The second-order valence-electron chi connectivity index (χ2n) is 7.19. The molecule has 0 aromatic heterocycles. The first-order valence-electron chi connectivity index (χ1n) is 10.4. The van der Waals surface area contributed by atoms with E-state index in [-0.39, 0.29) is 12.5 Å². The molecule has 3 aromatic rings. The topological polar surface area (TPSA) is 72.0 Å². The van der Waals surface area contributed by atoms with Crippen LogP contribution < -0.4 is 20.2 Å². The number of aryl methyl sites for hydroxylation is 1. The zero-order valence-corrected chi connectivity index (χ0v) is 19.9. The van der Waals surface area contributed by atoms with Crippen molar-refractivity contribution >= 4 is 41.0 Å². The Morgan fingerprint density at radius 1 is 1.03 bits per heavy atom. The second kappa shape index (κ2) is 12.1. The van der Waals surface area contributed by atoms with Crippen molar-refractivity contribution in [1.82, 2.24) is 5.43 Å². The van der Waals surface area contributed by atoms with Gasteiger partial charge < -0.3 is 14.8 Å². The van der Waals surface area contributed by atoms with Gasteiger partial charge in [0.1, 0.15) is 6.61 Å². The Hall–Kier alpha value is -3.22. The first-order valence-corrected chi connectivity index (χ1v) is 11.2. The Morgan fingerprint density at radius 3 is 2.45 bits per heavy atom. The summed E-state index contributed by atoms with van der Waals surface area (Å²) < 4.78 is 11.6. The molecule has 0 atom stereocenters. The average Bonchev–Trinajstić information content (AvgIpc) is 2.79. The summed E-state index contributed by atoms with van der Waals surface area (Å²) >= 11 is 12.4. The molecule has 0 saturated carbocycles. The van der Waals surface area contributed by atoms with Crippen LogP contribution in [-0.2, 0) is 11.4 Å². The fourth-order valence-corrected chi connectivity index (χ4v) is 3.27. The number of carbonyl (C=O) groups is 1. The van der Waals surface area contributed by atoms with Gasteiger partial charge in [-0.3, -0.25) is 4.79 Å². The largest absolute Gasteiger partial charge is 0.490 e. The van der Waals surface area contributed by atoms with Gasteiger partial charge in [0.05, 0.1) is 24.4 Å². The molecule has 0 aliphatic heterocycles. The SMILES string of the molecule is CCOc1cc(/C=N\NC(=O)CNc2ccc(C)cc2)cc(Cl)c1OCc1ccc(Cl)cc1. The lowest BCUT2D eigenvalue weighted by atomic mass is 10.2. The van der Waals surface area contributed by atoms with E-state index in [1.807, 2.05) is 50.2 Å². The van der Waals surface area contributed by atoms with E-state index in [4.69, 9.17) is 32.7 Å². The number of hydrogen-bond acceptors (Lipinski definition) is 5. The third-order valence-corrected chi connectivity index (χ3v) is 5.07. The molecule has 1 amide bonds. The van der Waals surface area contributed by atoms with E-state index in [1.165, 1.54) is 6.21 Å². The van der Waals surface area contributed by atoms with Gasteiger partial charge in [0, 0.05) is 10.7 Å². The van der Waals surface area contributed by atoms with Crippen LogP contribution >= 0.6 is 23.2 Å². The average molecular weight is 486 g/mol. The minimum Gasteiger partial charge on any atom is -0.490 e. The molecule has 0 heterocycles. The molecule has 0 radical (unpaired) electrons. The van der Waals surface area contributed by atoms with Crippen molar-refractivity contribution in [3.63, 3.8) is 0 Å². The summed E-state index contributed by atoms with van der Waals surface area (Å²) in [5, 5.41) is 8.09. The smallest absolute Gasteiger partial charge is 0.259 e. The van der Waals surface area contributed by atoms with Crippen LogP contribution in [0, 0.1) is 6.92 Å². The minimum absolute atomic E-state index is 0.100. The van der Waals surface area contributed by atoms with Crippen LogP contribution in [0.3, 0.4) is 0 Å². The second-order valence-corrected chi connectivity index (χ2v) is 8.03. The molecule has 0 bridgehead atoms. The lowest BCUT2D eigenvalue weighted by Gasteiger charge is -2.14. The minimum atomic E-state index is -0.272.